The quantitative estimate of drug-likeness (QED) is 0.687. The molecule has 0 aliphatic carbocycles. The van der Waals surface area contributed by atoms with Crippen LogP contribution in [-0.4, -0.2) is 33.8 Å². The maximum Gasteiger partial charge on any atom is 0.306 e. The molecule has 1 aliphatic rings. The lowest BCUT2D eigenvalue weighted by atomic mass is 10.0. The lowest BCUT2D eigenvalue weighted by Crippen LogP contribution is -2.46. The first kappa shape index (κ1) is 20.7. The molecular formula is C21H21ClN2O5. The maximum absolute atomic E-state index is 12.9. The number of carbonyl (C=O) groups is 3. The zero-order chi connectivity index (χ0) is 21.1. The fraction of sp³-hybridized carbons (Fsp3) is 0.286. The standard InChI is InChI=1S/C21H21ClN2O5/c1-12(21(27)28)8-17(19(23)25)24-10-16-15(20(24)26)6-3-7-18(16)29-11-13-4-2-5-14(22)9-13/h2-7,9,12,17H,8,10-11H2,1H3,(H2,23,25)(H,27,28). The molecule has 2 unspecified atom stereocenters. The molecule has 152 valence electrons. The van der Waals surface area contributed by atoms with Crippen molar-refractivity contribution in [3.8, 4) is 5.75 Å². The van der Waals surface area contributed by atoms with Crippen molar-refractivity contribution in [3.05, 3.63) is 64.2 Å². The van der Waals surface area contributed by atoms with Gasteiger partial charge in [0.15, 0.2) is 0 Å². The van der Waals surface area contributed by atoms with Crippen molar-refractivity contribution in [3.63, 3.8) is 0 Å². The molecule has 29 heavy (non-hydrogen) atoms. The summed E-state index contributed by atoms with van der Waals surface area (Å²) in [6.07, 6.45) is -0.0525. The Morgan fingerprint density at radius 2 is 2.00 bits per heavy atom. The van der Waals surface area contributed by atoms with E-state index < -0.39 is 23.8 Å². The highest BCUT2D eigenvalue weighted by molar-refractivity contribution is 6.30. The van der Waals surface area contributed by atoms with Gasteiger partial charge in [-0.15, -0.1) is 0 Å². The second kappa shape index (κ2) is 8.53. The zero-order valence-electron chi connectivity index (χ0n) is 15.8. The predicted octanol–water partition coefficient (Wildman–Crippen LogP) is 2.84. The molecule has 3 rings (SSSR count). The number of carbonyl (C=O) groups excluding carboxylic acids is 2. The van der Waals surface area contributed by atoms with Gasteiger partial charge in [0, 0.05) is 16.1 Å². The number of carboxylic acid groups (broad SMARTS) is 1. The molecule has 2 aromatic carbocycles. The monoisotopic (exact) mass is 416 g/mol. The summed E-state index contributed by atoms with van der Waals surface area (Å²) in [6.45, 7) is 1.87. The van der Waals surface area contributed by atoms with Crippen molar-refractivity contribution in [1.82, 2.24) is 4.90 Å². The van der Waals surface area contributed by atoms with E-state index in [1.165, 1.54) is 11.8 Å². The Bertz CT molecular complexity index is 962. The van der Waals surface area contributed by atoms with Crippen molar-refractivity contribution in [2.45, 2.75) is 32.5 Å². The van der Waals surface area contributed by atoms with Crippen molar-refractivity contribution >= 4 is 29.4 Å². The minimum absolute atomic E-state index is 0.0525. The highest BCUT2D eigenvalue weighted by Crippen LogP contribution is 2.33. The van der Waals surface area contributed by atoms with Crippen molar-refractivity contribution in [2.75, 3.05) is 0 Å². The number of rotatable bonds is 8. The number of amides is 2. The molecule has 2 atom stereocenters. The first-order chi connectivity index (χ1) is 13.8. The van der Waals surface area contributed by atoms with Crippen LogP contribution in [0.2, 0.25) is 5.02 Å². The number of nitrogens with zero attached hydrogens (tertiary/aromatic N) is 1. The summed E-state index contributed by atoms with van der Waals surface area (Å²) < 4.78 is 5.90. The van der Waals surface area contributed by atoms with E-state index in [0.717, 1.165) is 5.56 Å². The summed E-state index contributed by atoms with van der Waals surface area (Å²) in [5, 5.41) is 9.75. The van der Waals surface area contributed by atoms with Gasteiger partial charge in [-0.2, -0.15) is 0 Å². The average molecular weight is 417 g/mol. The Kier molecular flexibility index (Phi) is 6.08. The van der Waals surface area contributed by atoms with Crippen molar-refractivity contribution in [2.24, 2.45) is 11.7 Å². The SMILES string of the molecule is CC(CC(C(N)=O)N1Cc2c(OCc3cccc(Cl)c3)cccc2C1=O)C(=O)O. The summed E-state index contributed by atoms with van der Waals surface area (Å²) in [5.41, 5.74) is 7.42. The van der Waals surface area contributed by atoms with E-state index in [-0.39, 0.29) is 25.5 Å². The van der Waals surface area contributed by atoms with Crippen LogP contribution in [0.1, 0.15) is 34.8 Å². The lowest BCUT2D eigenvalue weighted by Gasteiger charge is -2.26. The first-order valence-electron chi connectivity index (χ1n) is 9.10. The number of aliphatic carboxylic acids is 1. The van der Waals surface area contributed by atoms with Crippen LogP contribution in [0.4, 0.5) is 0 Å². The topological polar surface area (TPSA) is 110 Å². The third-order valence-corrected chi connectivity index (χ3v) is 5.17. The van der Waals surface area contributed by atoms with Crippen LogP contribution in [0.25, 0.3) is 0 Å². The molecule has 8 heteroatoms. The Morgan fingerprint density at radius 1 is 1.28 bits per heavy atom. The molecule has 0 fully saturated rings. The van der Waals surface area contributed by atoms with Gasteiger partial charge < -0.3 is 20.5 Å². The first-order valence-corrected chi connectivity index (χ1v) is 9.48. The fourth-order valence-corrected chi connectivity index (χ4v) is 3.55. The third-order valence-electron chi connectivity index (χ3n) is 4.94. The Labute approximate surface area is 173 Å². The molecule has 2 aromatic rings. The van der Waals surface area contributed by atoms with E-state index in [4.69, 9.17) is 27.2 Å². The van der Waals surface area contributed by atoms with E-state index in [2.05, 4.69) is 0 Å². The number of carboxylic acids is 1. The van der Waals surface area contributed by atoms with E-state index in [1.807, 2.05) is 12.1 Å². The van der Waals surface area contributed by atoms with Gasteiger partial charge in [0.1, 0.15) is 18.4 Å². The van der Waals surface area contributed by atoms with Crippen LogP contribution in [-0.2, 0) is 22.7 Å². The van der Waals surface area contributed by atoms with Gasteiger partial charge in [-0.05, 0) is 36.2 Å². The second-order valence-corrected chi connectivity index (χ2v) is 7.46. The maximum atomic E-state index is 12.9. The van der Waals surface area contributed by atoms with Crippen LogP contribution in [0, 0.1) is 5.92 Å². The van der Waals surface area contributed by atoms with Crippen molar-refractivity contribution in [1.29, 1.82) is 0 Å². The number of ether oxygens (including phenoxy) is 1. The van der Waals surface area contributed by atoms with Gasteiger partial charge in [-0.25, -0.2) is 0 Å². The van der Waals surface area contributed by atoms with Gasteiger partial charge in [0.2, 0.25) is 5.91 Å². The summed E-state index contributed by atoms with van der Waals surface area (Å²) >= 11 is 5.99. The Morgan fingerprint density at radius 3 is 2.66 bits per heavy atom. The number of hydrogen-bond acceptors (Lipinski definition) is 4. The molecule has 1 aliphatic heterocycles. The van der Waals surface area contributed by atoms with Crippen LogP contribution >= 0.6 is 11.6 Å². The largest absolute Gasteiger partial charge is 0.489 e. The zero-order valence-corrected chi connectivity index (χ0v) is 16.6. The molecular weight excluding hydrogens is 396 g/mol. The van der Waals surface area contributed by atoms with Gasteiger partial charge in [0.05, 0.1) is 12.5 Å². The number of halogens is 1. The predicted molar refractivity (Wildman–Crippen MR) is 106 cm³/mol. The summed E-state index contributed by atoms with van der Waals surface area (Å²) in [6, 6.07) is 11.4. The number of primary amides is 1. The Balaban J connectivity index is 1.81. The second-order valence-electron chi connectivity index (χ2n) is 7.03. The van der Waals surface area contributed by atoms with Gasteiger partial charge in [0.25, 0.3) is 5.91 Å². The summed E-state index contributed by atoms with van der Waals surface area (Å²) in [4.78, 5) is 37.3. The number of nitrogens with two attached hydrogens (primary N) is 1. The molecule has 0 radical (unpaired) electrons. The van der Waals surface area contributed by atoms with Crippen LogP contribution in [0.3, 0.4) is 0 Å². The van der Waals surface area contributed by atoms with Crippen molar-refractivity contribution < 1.29 is 24.2 Å². The van der Waals surface area contributed by atoms with Gasteiger partial charge in [-0.1, -0.05) is 36.7 Å². The molecule has 7 nitrogen and oxygen atoms in total. The van der Waals surface area contributed by atoms with E-state index in [9.17, 15) is 14.4 Å². The molecule has 2 amide bonds. The molecule has 0 saturated carbocycles. The van der Waals surface area contributed by atoms with Gasteiger partial charge in [-0.3, -0.25) is 14.4 Å². The average Bonchev–Trinajstić information content (AvgIpc) is 3.01. The molecule has 0 spiro atoms. The molecule has 0 bridgehead atoms. The van der Waals surface area contributed by atoms with Crippen LogP contribution in [0.15, 0.2) is 42.5 Å². The minimum atomic E-state index is -1.05. The van der Waals surface area contributed by atoms with E-state index >= 15 is 0 Å². The minimum Gasteiger partial charge on any atom is -0.489 e. The lowest BCUT2D eigenvalue weighted by molar-refractivity contribution is -0.142. The third kappa shape index (κ3) is 4.51. The fourth-order valence-electron chi connectivity index (χ4n) is 3.33. The van der Waals surface area contributed by atoms with Crippen LogP contribution < -0.4 is 10.5 Å². The Hall–Kier alpha value is -3.06. The van der Waals surface area contributed by atoms with E-state index in [1.54, 1.807) is 30.3 Å². The molecule has 1 heterocycles. The number of fused-ring (bicyclic) bond motifs is 1. The molecule has 0 aromatic heterocycles. The molecule has 0 saturated heterocycles. The highest BCUT2D eigenvalue weighted by atomic mass is 35.5. The van der Waals surface area contributed by atoms with E-state index in [0.29, 0.717) is 21.9 Å². The number of hydrogen-bond donors (Lipinski definition) is 2. The summed E-state index contributed by atoms with van der Waals surface area (Å²) in [7, 11) is 0. The smallest absolute Gasteiger partial charge is 0.306 e. The van der Waals surface area contributed by atoms with Gasteiger partial charge >= 0.3 is 5.97 Å². The number of benzene rings is 2. The summed E-state index contributed by atoms with van der Waals surface area (Å²) in [5.74, 6) is -2.45. The normalized spacial score (nSPS) is 15.0. The highest BCUT2D eigenvalue weighted by Gasteiger charge is 2.38. The van der Waals surface area contributed by atoms with Crippen LogP contribution in [0.5, 0.6) is 5.75 Å². The molecule has 3 N–H and O–H groups in total.